The van der Waals surface area contributed by atoms with Crippen LogP contribution in [0.5, 0.6) is 5.75 Å². The molecule has 1 aromatic heterocycles. The fraction of sp³-hybridized carbons (Fsp3) is 0.190. The quantitative estimate of drug-likeness (QED) is 0.594. The number of hydrogen-bond donors (Lipinski definition) is 1. The SMILES string of the molecule is COC(=O)c1cc(NC(=O)c2ccc(OCc3c(C)noc3C)cc2)ccc1Cl. The van der Waals surface area contributed by atoms with E-state index in [1.807, 2.05) is 13.8 Å². The van der Waals surface area contributed by atoms with Crippen LogP contribution in [0.3, 0.4) is 0 Å². The molecule has 0 saturated carbocycles. The van der Waals surface area contributed by atoms with E-state index in [2.05, 4.69) is 15.2 Å². The highest BCUT2D eigenvalue weighted by atomic mass is 35.5. The van der Waals surface area contributed by atoms with Crippen molar-refractivity contribution in [2.24, 2.45) is 0 Å². The van der Waals surface area contributed by atoms with Gasteiger partial charge in [0.05, 0.1) is 29.0 Å². The molecule has 0 bridgehead atoms. The third kappa shape index (κ3) is 4.75. The van der Waals surface area contributed by atoms with E-state index < -0.39 is 5.97 Å². The molecule has 150 valence electrons. The topological polar surface area (TPSA) is 90.7 Å². The number of methoxy groups -OCH3 is 1. The van der Waals surface area contributed by atoms with Gasteiger partial charge in [-0.1, -0.05) is 16.8 Å². The molecule has 1 N–H and O–H groups in total. The molecular weight excluding hydrogens is 396 g/mol. The number of anilines is 1. The van der Waals surface area contributed by atoms with Gasteiger partial charge in [-0.15, -0.1) is 0 Å². The number of aryl methyl sites for hydroxylation is 2. The Morgan fingerprint density at radius 3 is 2.48 bits per heavy atom. The summed E-state index contributed by atoms with van der Waals surface area (Å²) in [4.78, 5) is 24.2. The first-order valence-corrected chi connectivity index (χ1v) is 9.10. The molecular formula is C21H19ClN2O5. The summed E-state index contributed by atoms with van der Waals surface area (Å²) in [5.41, 5.74) is 2.72. The normalized spacial score (nSPS) is 10.5. The standard InChI is InChI=1S/C21H19ClN2O5/c1-12-18(13(2)29-24-12)11-28-16-7-4-14(5-8-16)20(25)23-15-6-9-19(22)17(10-15)21(26)27-3/h4-10H,11H2,1-3H3,(H,23,25). The zero-order chi connectivity index (χ0) is 21.0. The summed E-state index contributed by atoms with van der Waals surface area (Å²) in [7, 11) is 1.26. The van der Waals surface area contributed by atoms with Gasteiger partial charge in [-0.25, -0.2) is 4.79 Å². The summed E-state index contributed by atoms with van der Waals surface area (Å²) in [5, 5.41) is 6.86. The van der Waals surface area contributed by atoms with Gasteiger partial charge in [0.25, 0.3) is 5.91 Å². The minimum atomic E-state index is -0.578. The molecule has 0 radical (unpaired) electrons. The summed E-state index contributed by atoms with van der Waals surface area (Å²) < 4.78 is 15.5. The van der Waals surface area contributed by atoms with Crippen molar-refractivity contribution in [2.75, 3.05) is 12.4 Å². The number of carbonyl (C=O) groups is 2. The summed E-state index contributed by atoms with van der Waals surface area (Å²) in [5.74, 6) is 0.417. The smallest absolute Gasteiger partial charge is 0.339 e. The van der Waals surface area contributed by atoms with E-state index in [0.29, 0.717) is 29.4 Å². The molecule has 29 heavy (non-hydrogen) atoms. The maximum absolute atomic E-state index is 12.5. The first kappa shape index (κ1) is 20.4. The molecule has 7 nitrogen and oxygen atoms in total. The van der Waals surface area contributed by atoms with Gasteiger partial charge in [0.15, 0.2) is 0 Å². The van der Waals surface area contributed by atoms with Gasteiger partial charge < -0.3 is 19.3 Å². The Hall–Kier alpha value is -3.32. The van der Waals surface area contributed by atoms with Gasteiger partial charge in [-0.2, -0.15) is 0 Å². The fourth-order valence-electron chi connectivity index (χ4n) is 2.64. The van der Waals surface area contributed by atoms with Gasteiger partial charge in [0.1, 0.15) is 18.1 Å². The van der Waals surface area contributed by atoms with Crippen LogP contribution in [0.2, 0.25) is 5.02 Å². The minimum absolute atomic E-state index is 0.176. The molecule has 1 amide bonds. The number of nitrogens with zero attached hydrogens (tertiary/aromatic N) is 1. The maximum atomic E-state index is 12.5. The Balaban J connectivity index is 1.65. The van der Waals surface area contributed by atoms with Crippen LogP contribution in [0.4, 0.5) is 5.69 Å². The molecule has 2 aromatic carbocycles. The van der Waals surface area contributed by atoms with E-state index >= 15 is 0 Å². The average Bonchev–Trinajstić information content (AvgIpc) is 3.05. The second kappa shape index (κ2) is 8.79. The predicted octanol–water partition coefficient (Wildman–Crippen LogP) is 4.56. The summed E-state index contributed by atoms with van der Waals surface area (Å²) in [6.45, 7) is 4.01. The second-order valence-corrected chi connectivity index (χ2v) is 6.66. The predicted molar refractivity (Wildman–Crippen MR) is 107 cm³/mol. The number of aromatic nitrogens is 1. The van der Waals surface area contributed by atoms with E-state index in [4.69, 9.17) is 20.9 Å². The molecule has 3 rings (SSSR count). The Morgan fingerprint density at radius 2 is 1.86 bits per heavy atom. The highest BCUT2D eigenvalue weighted by Gasteiger charge is 2.14. The third-order valence-corrected chi connectivity index (χ3v) is 4.64. The molecule has 3 aromatic rings. The molecule has 0 unspecified atom stereocenters. The summed E-state index contributed by atoms with van der Waals surface area (Å²) in [6, 6.07) is 11.3. The van der Waals surface area contributed by atoms with Crippen molar-refractivity contribution in [2.45, 2.75) is 20.5 Å². The molecule has 0 aliphatic heterocycles. The van der Waals surface area contributed by atoms with Crippen LogP contribution in [0.1, 0.15) is 37.7 Å². The highest BCUT2D eigenvalue weighted by molar-refractivity contribution is 6.33. The maximum Gasteiger partial charge on any atom is 0.339 e. The lowest BCUT2D eigenvalue weighted by atomic mass is 10.1. The number of halogens is 1. The number of nitrogens with one attached hydrogen (secondary N) is 1. The lowest BCUT2D eigenvalue weighted by Gasteiger charge is -2.09. The number of esters is 1. The minimum Gasteiger partial charge on any atom is -0.489 e. The molecule has 0 spiro atoms. The van der Waals surface area contributed by atoms with E-state index in [0.717, 1.165) is 11.3 Å². The molecule has 0 saturated heterocycles. The zero-order valence-electron chi connectivity index (χ0n) is 16.1. The number of rotatable bonds is 6. The molecule has 0 aliphatic carbocycles. The Bertz CT molecular complexity index is 1020. The third-order valence-electron chi connectivity index (χ3n) is 4.31. The van der Waals surface area contributed by atoms with Crippen LogP contribution in [0.15, 0.2) is 47.0 Å². The van der Waals surface area contributed by atoms with Crippen LogP contribution in [-0.2, 0) is 11.3 Å². The largest absolute Gasteiger partial charge is 0.489 e. The van der Waals surface area contributed by atoms with Crippen LogP contribution < -0.4 is 10.1 Å². The lowest BCUT2D eigenvalue weighted by molar-refractivity contribution is 0.0600. The molecule has 0 atom stereocenters. The Labute approximate surface area is 172 Å². The monoisotopic (exact) mass is 414 g/mol. The van der Waals surface area contributed by atoms with Gasteiger partial charge in [0, 0.05) is 11.3 Å². The van der Waals surface area contributed by atoms with Crippen molar-refractivity contribution in [1.82, 2.24) is 5.16 Å². The Kier molecular flexibility index (Phi) is 6.19. The van der Waals surface area contributed by atoms with Crippen LogP contribution in [0, 0.1) is 13.8 Å². The van der Waals surface area contributed by atoms with Crippen molar-refractivity contribution in [3.8, 4) is 5.75 Å². The average molecular weight is 415 g/mol. The van der Waals surface area contributed by atoms with E-state index in [-0.39, 0.29) is 16.5 Å². The number of amides is 1. The molecule has 0 aliphatic rings. The van der Waals surface area contributed by atoms with E-state index in [9.17, 15) is 9.59 Å². The van der Waals surface area contributed by atoms with Crippen molar-refractivity contribution in [1.29, 1.82) is 0 Å². The van der Waals surface area contributed by atoms with Gasteiger partial charge >= 0.3 is 5.97 Å². The first-order valence-electron chi connectivity index (χ1n) is 8.73. The first-order chi connectivity index (χ1) is 13.9. The van der Waals surface area contributed by atoms with E-state index in [1.165, 1.54) is 19.2 Å². The van der Waals surface area contributed by atoms with E-state index in [1.54, 1.807) is 30.3 Å². The lowest BCUT2D eigenvalue weighted by Crippen LogP contribution is -2.12. The van der Waals surface area contributed by atoms with Crippen molar-refractivity contribution < 1.29 is 23.6 Å². The molecule has 8 heteroatoms. The molecule has 0 fully saturated rings. The second-order valence-electron chi connectivity index (χ2n) is 6.26. The summed E-state index contributed by atoms with van der Waals surface area (Å²) in [6.07, 6.45) is 0. The van der Waals surface area contributed by atoms with Crippen LogP contribution in [0.25, 0.3) is 0 Å². The summed E-state index contributed by atoms with van der Waals surface area (Å²) >= 11 is 5.99. The molecule has 1 heterocycles. The Morgan fingerprint density at radius 1 is 1.14 bits per heavy atom. The highest BCUT2D eigenvalue weighted by Crippen LogP contribution is 2.22. The zero-order valence-corrected chi connectivity index (χ0v) is 16.9. The number of ether oxygens (including phenoxy) is 2. The number of carbonyl (C=O) groups excluding carboxylic acids is 2. The van der Waals surface area contributed by atoms with Gasteiger partial charge in [-0.3, -0.25) is 4.79 Å². The van der Waals surface area contributed by atoms with Crippen LogP contribution in [-0.4, -0.2) is 24.1 Å². The number of benzene rings is 2. The van der Waals surface area contributed by atoms with Crippen LogP contribution >= 0.6 is 11.6 Å². The van der Waals surface area contributed by atoms with Crippen molar-refractivity contribution in [3.05, 3.63) is 75.6 Å². The van der Waals surface area contributed by atoms with Gasteiger partial charge in [0.2, 0.25) is 0 Å². The van der Waals surface area contributed by atoms with Crippen molar-refractivity contribution >= 4 is 29.2 Å². The fourth-order valence-corrected chi connectivity index (χ4v) is 2.83. The number of hydrogen-bond acceptors (Lipinski definition) is 6. The van der Waals surface area contributed by atoms with Crippen molar-refractivity contribution in [3.63, 3.8) is 0 Å². The van der Waals surface area contributed by atoms with Gasteiger partial charge in [-0.05, 0) is 56.3 Å².